The van der Waals surface area contributed by atoms with Gasteiger partial charge in [-0.3, -0.25) is 0 Å². The van der Waals surface area contributed by atoms with Gasteiger partial charge in [0, 0.05) is 0 Å². The van der Waals surface area contributed by atoms with Crippen LogP contribution in [0.2, 0.25) is 0 Å². The van der Waals surface area contributed by atoms with Crippen molar-refractivity contribution in [2.24, 2.45) is 5.73 Å². The van der Waals surface area contributed by atoms with Crippen molar-refractivity contribution < 1.29 is 0 Å². The van der Waals surface area contributed by atoms with Crippen LogP contribution in [-0.2, 0) is 0 Å². The normalized spacial score (nSPS) is 9.43. The number of halogens is 2. The first-order chi connectivity index (χ1) is 5.77. The summed E-state index contributed by atoms with van der Waals surface area (Å²) in [7, 11) is 4.27. The van der Waals surface area contributed by atoms with Crippen LogP contribution in [0.25, 0.3) is 0 Å². The summed E-state index contributed by atoms with van der Waals surface area (Å²) in [5.41, 5.74) is 5.40. The summed E-state index contributed by atoms with van der Waals surface area (Å²) in [6.07, 6.45) is 7.99. The van der Waals surface area contributed by atoms with Gasteiger partial charge >= 0.3 is 0 Å². The Balaban J connectivity index is -0.000000605. The molecule has 0 aromatic carbocycles. The third-order valence-corrected chi connectivity index (χ3v) is 2.06. The third kappa shape index (κ3) is 18.3. The van der Waals surface area contributed by atoms with E-state index in [4.69, 9.17) is 5.73 Å². The van der Waals surface area contributed by atoms with Crippen molar-refractivity contribution in [3.63, 3.8) is 0 Å². The highest BCUT2D eigenvalue weighted by atomic mass is 35.5. The van der Waals surface area contributed by atoms with Crippen LogP contribution < -0.4 is 5.73 Å². The fourth-order valence-electron chi connectivity index (χ4n) is 1.28. The zero-order valence-electron chi connectivity index (χ0n) is 9.50. The van der Waals surface area contributed by atoms with Gasteiger partial charge in [-0.15, -0.1) is 24.8 Å². The van der Waals surface area contributed by atoms with Crippen molar-refractivity contribution in [1.29, 1.82) is 0 Å². The van der Waals surface area contributed by atoms with Crippen LogP contribution in [0.4, 0.5) is 0 Å². The molecular weight excluding hydrogens is 219 g/mol. The maximum atomic E-state index is 5.40. The Morgan fingerprint density at radius 2 is 1.21 bits per heavy atom. The van der Waals surface area contributed by atoms with Gasteiger partial charge in [0.1, 0.15) is 0 Å². The minimum absolute atomic E-state index is 0. The molecule has 0 bridgehead atoms. The van der Waals surface area contributed by atoms with E-state index in [1.165, 1.54) is 45.1 Å². The van der Waals surface area contributed by atoms with Crippen LogP contribution in [0, 0.1) is 0 Å². The van der Waals surface area contributed by atoms with Gasteiger partial charge in [0.15, 0.2) is 0 Å². The maximum absolute atomic E-state index is 5.40. The monoisotopic (exact) mass is 244 g/mol. The summed E-state index contributed by atoms with van der Waals surface area (Å²) in [4.78, 5) is 2.25. The number of hydrogen-bond acceptors (Lipinski definition) is 2. The highest BCUT2D eigenvalue weighted by molar-refractivity contribution is 5.85. The first-order valence-corrected chi connectivity index (χ1v) is 5.12. The second-order valence-electron chi connectivity index (χ2n) is 3.71. The van der Waals surface area contributed by atoms with Crippen LogP contribution >= 0.6 is 24.8 Å². The van der Waals surface area contributed by atoms with E-state index in [1.54, 1.807) is 0 Å². The molecule has 0 atom stereocenters. The molecule has 14 heavy (non-hydrogen) atoms. The number of nitrogens with two attached hydrogens (primary N) is 1. The fraction of sp³-hybridized carbons (Fsp3) is 1.00. The molecule has 0 saturated carbocycles. The van der Waals surface area contributed by atoms with E-state index in [0.29, 0.717) is 0 Å². The molecule has 0 aliphatic heterocycles. The molecule has 0 saturated heterocycles. The van der Waals surface area contributed by atoms with E-state index < -0.39 is 0 Å². The Labute approximate surface area is 101 Å². The number of nitrogens with zero attached hydrogens (tertiary/aromatic N) is 1. The van der Waals surface area contributed by atoms with Crippen molar-refractivity contribution in [3.05, 3.63) is 0 Å². The zero-order valence-corrected chi connectivity index (χ0v) is 11.1. The largest absolute Gasteiger partial charge is 0.330 e. The fourth-order valence-corrected chi connectivity index (χ4v) is 1.28. The van der Waals surface area contributed by atoms with Crippen LogP contribution in [0.15, 0.2) is 0 Å². The van der Waals surface area contributed by atoms with Crippen molar-refractivity contribution in [3.8, 4) is 0 Å². The Bertz CT molecular complexity index is 90.2. The van der Waals surface area contributed by atoms with Gasteiger partial charge in [0.25, 0.3) is 0 Å². The molecule has 0 fully saturated rings. The second-order valence-corrected chi connectivity index (χ2v) is 3.71. The highest BCUT2D eigenvalue weighted by Gasteiger charge is 1.91. The summed E-state index contributed by atoms with van der Waals surface area (Å²) < 4.78 is 0. The Morgan fingerprint density at radius 3 is 1.64 bits per heavy atom. The van der Waals surface area contributed by atoms with Crippen molar-refractivity contribution in [2.75, 3.05) is 27.2 Å². The summed E-state index contributed by atoms with van der Waals surface area (Å²) in [6, 6.07) is 0. The Morgan fingerprint density at radius 1 is 0.786 bits per heavy atom. The van der Waals surface area contributed by atoms with E-state index in [9.17, 15) is 0 Å². The molecule has 0 amide bonds. The first kappa shape index (κ1) is 20.0. The summed E-state index contributed by atoms with van der Waals surface area (Å²) in [5, 5.41) is 0. The van der Waals surface area contributed by atoms with Crippen LogP contribution in [0.1, 0.15) is 38.5 Å². The molecule has 0 aliphatic carbocycles. The molecule has 0 unspecified atom stereocenters. The van der Waals surface area contributed by atoms with Gasteiger partial charge in [-0.2, -0.15) is 0 Å². The Kier molecular flexibility index (Phi) is 22.8. The minimum atomic E-state index is 0. The lowest BCUT2D eigenvalue weighted by atomic mass is 10.1. The summed E-state index contributed by atoms with van der Waals surface area (Å²) >= 11 is 0. The van der Waals surface area contributed by atoms with E-state index in [-0.39, 0.29) is 24.8 Å². The van der Waals surface area contributed by atoms with Gasteiger partial charge in [0.05, 0.1) is 0 Å². The van der Waals surface area contributed by atoms with Crippen molar-refractivity contribution >= 4 is 24.8 Å². The van der Waals surface area contributed by atoms with Crippen molar-refractivity contribution in [2.45, 2.75) is 38.5 Å². The molecule has 0 aromatic rings. The SMILES string of the molecule is CN(C)CCCCCCCCN.Cl.Cl. The molecule has 2 N–H and O–H groups in total. The summed E-state index contributed by atoms with van der Waals surface area (Å²) in [6.45, 7) is 2.09. The quantitative estimate of drug-likeness (QED) is 0.666. The van der Waals surface area contributed by atoms with Crippen LogP contribution in [0.3, 0.4) is 0 Å². The van der Waals surface area contributed by atoms with Crippen molar-refractivity contribution in [1.82, 2.24) is 4.90 Å². The van der Waals surface area contributed by atoms with Gasteiger partial charge in [-0.05, 0) is 40.0 Å². The van der Waals surface area contributed by atoms with Gasteiger partial charge in [0.2, 0.25) is 0 Å². The third-order valence-electron chi connectivity index (χ3n) is 2.06. The average molecular weight is 245 g/mol. The summed E-state index contributed by atoms with van der Waals surface area (Å²) in [5.74, 6) is 0. The molecule has 90 valence electrons. The van der Waals surface area contributed by atoms with Crippen LogP contribution in [0.5, 0.6) is 0 Å². The molecule has 4 heteroatoms. The Hall–Kier alpha value is 0.500. The smallest absolute Gasteiger partial charge is 0.00248 e. The lowest BCUT2D eigenvalue weighted by Gasteiger charge is -2.08. The minimum Gasteiger partial charge on any atom is -0.330 e. The number of unbranched alkanes of at least 4 members (excludes halogenated alkanes) is 5. The molecule has 0 spiro atoms. The molecule has 0 aliphatic rings. The standard InChI is InChI=1S/C10H24N2.2ClH/c1-12(2)10-8-6-4-3-5-7-9-11;;/h3-11H2,1-2H3;2*1H. The second kappa shape index (κ2) is 15.9. The van der Waals surface area contributed by atoms with Gasteiger partial charge < -0.3 is 10.6 Å². The van der Waals surface area contributed by atoms with E-state index in [0.717, 1.165) is 6.54 Å². The van der Waals surface area contributed by atoms with E-state index >= 15 is 0 Å². The molecule has 0 rings (SSSR count). The molecule has 0 heterocycles. The lowest BCUT2D eigenvalue weighted by Crippen LogP contribution is -2.12. The predicted molar refractivity (Wildman–Crippen MR) is 69.8 cm³/mol. The van der Waals surface area contributed by atoms with E-state index in [1.807, 2.05) is 0 Å². The number of hydrogen-bond donors (Lipinski definition) is 1. The molecule has 0 aromatic heterocycles. The van der Waals surface area contributed by atoms with Crippen LogP contribution in [-0.4, -0.2) is 32.1 Å². The molecule has 0 radical (unpaired) electrons. The van der Waals surface area contributed by atoms with Gasteiger partial charge in [-0.25, -0.2) is 0 Å². The van der Waals surface area contributed by atoms with E-state index in [2.05, 4.69) is 19.0 Å². The first-order valence-electron chi connectivity index (χ1n) is 5.12. The molecular formula is C10H26Cl2N2. The topological polar surface area (TPSA) is 29.3 Å². The van der Waals surface area contributed by atoms with Gasteiger partial charge in [-0.1, -0.05) is 25.7 Å². The maximum Gasteiger partial charge on any atom is -0.00248 e. The number of rotatable bonds is 8. The molecule has 2 nitrogen and oxygen atoms in total. The predicted octanol–water partition coefficient (Wildman–Crippen LogP) is 2.69. The average Bonchev–Trinajstić information content (AvgIpc) is 2.02. The zero-order chi connectivity index (χ0) is 9.23. The lowest BCUT2D eigenvalue weighted by molar-refractivity contribution is 0.389. The highest BCUT2D eigenvalue weighted by Crippen LogP contribution is 2.04.